The number of rotatable bonds is 6. The number of amides is 2. The SMILES string of the molecule is COCCN(Cc1cnn(C)c1)C(=O)Nc1cc(C)nn1C. The molecular weight excluding hydrogens is 284 g/mol. The number of nitrogens with one attached hydrogen (secondary N) is 1. The second kappa shape index (κ2) is 7.08. The van der Waals surface area contributed by atoms with E-state index in [0.717, 1.165) is 11.3 Å². The average molecular weight is 306 g/mol. The summed E-state index contributed by atoms with van der Waals surface area (Å²) >= 11 is 0. The second-order valence-corrected chi connectivity index (χ2v) is 5.16. The Morgan fingerprint density at radius 2 is 2.23 bits per heavy atom. The molecule has 0 aliphatic rings. The molecule has 2 aromatic heterocycles. The number of anilines is 1. The zero-order valence-electron chi connectivity index (χ0n) is 13.4. The first kappa shape index (κ1) is 16.0. The summed E-state index contributed by atoms with van der Waals surface area (Å²) in [5.74, 6) is 0.663. The van der Waals surface area contributed by atoms with Gasteiger partial charge in [-0.3, -0.25) is 14.7 Å². The zero-order chi connectivity index (χ0) is 16.1. The molecule has 22 heavy (non-hydrogen) atoms. The molecule has 2 amide bonds. The molecule has 1 N–H and O–H groups in total. The first-order valence-corrected chi connectivity index (χ1v) is 7.02. The Hall–Kier alpha value is -2.35. The monoisotopic (exact) mass is 306 g/mol. The first-order valence-electron chi connectivity index (χ1n) is 7.02. The highest BCUT2D eigenvalue weighted by atomic mass is 16.5. The molecule has 0 aromatic carbocycles. The maximum absolute atomic E-state index is 12.5. The zero-order valence-corrected chi connectivity index (χ0v) is 13.4. The number of nitrogens with zero attached hydrogens (tertiary/aromatic N) is 5. The summed E-state index contributed by atoms with van der Waals surface area (Å²) in [5, 5.41) is 11.2. The number of urea groups is 1. The van der Waals surface area contributed by atoms with Gasteiger partial charge in [0.15, 0.2) is 0 Å². The molecule has 0 radical (unpaired) electrons. The van der Waals surface area contributed by atoms with Gasteiger partial charge in [0.2, 0.25) is 0 Å². The third-order valence-electron chi connectivity index (χ3n) is 3.22. The summed E-state index contributed by atoms with van der Waals surface area (Å²) in [7, 11) is 5.26. The topological polar surface area (TPSA) is 77.2 Å². The lowest BCUT2D eigenvalue weighted by Gasteiger charge is -2.22. The maximum atomic E-state index is 12.5. The van der Waals surface area contributed by atoms with E-state index in [1.165, 1.54) is 0 Å². The highest BCUT2D eigenvalue weighted by Crippen LogP contribution is 2.11. The number of hydrogen-bond acceptors (Lipinski definition) is 4. The van der Waals surface area contributed by atoms with Crippen LogP contribution in [0.1, 0.15) is 11.3 Å². The van der Waals surface area contributed by atoms with E-state index in [9.17, 15) is 4.79 Å². The Morgan fingerprint density at radius 1 is 1.45 bits per heavy atom. The Morgan fingerprint density at radius 3 is 2.77 bits per heavy atom. The van der Waals surface area contributed by atoms with Crippen molar-refractivity contribution in [2.45, 2.75) is 13.5 Å². The molecule has 2 rings (SSSR count). The Kier molecular flexibility index (Phi) is 5.16. The summed E-state index contributed by atoms with van der Waals surface area (Å²) in [6.45, 7) is 3.32. The van der Waals surface area contributed by atoms with Gasteiger partial charge in [-0.1, -0.05) is 0 Å². The highest BCUT2D eigenvalue weighted by molar-refractivity contribution is 5.88. The summed E-state index contributed by atoms with van der Waals surface area (Å²) < 4.78 is 8.44. The third kappa shape index (κ3) is 4.08. The predicted molar refractivity (Wildman–Crippen MR) is 82.5 cm³/mol. The Labute approximate surface area is 129 Å². The van der Waals surface area contributed by atoms with E-state index in [1.54, 1.807) is 34.6 Å². The molecule has 2 heterocycles. The van der Waals surface area contributed by atoms with Gasteiger partial charge in [-0.15, -0.1) is 0 Å². The number of methoxy groups -OCH3 is 1. The van der Waals surface area contributed by atoms with Gasteiger partial charge in [0.1, 0.15) is 5.82 Å². The van der Waals surface area contributed by atoms with Gasteiger partial charge in [-0.25, -0.2) is 4.79 Å². The predicted octanol–water partition coefficient (Wildman–Crippen LogP) is 1.14. The van der Waals surface area contributed by atoms with E-state index < -0.39 is 0 Å². The summed E-state index contributed by atoms with van der Waals surface area (Å²) in [5.41, 5.74) is 1.82. The molecule has 0 fully saturated rings. The highest BCUT2D eigenvalue weighted by Gasteiger charge is 2.16. The van der Waals surface area contributed by atoms with Crippen molar-refractivity contribution < 1.29 is 9.53 Å². The molecule has 2 aromatic rings. The number of carbonyl (C=O) groups excluding carboxylic acids is 1. The van der Waals surface area contributed by atoms with Crippen molar-refractivity contribution in [2.75, 3.05) is 25.6 Å². The van der Waals surface area contributed by atoms with E-state index in [4.69, 9.17) is 4.74 Å². The van der Waals surface area contributed by atoms with Gasteiger partial charge < -0.3 is 9.64 Å². The van der Waals surface area contributed by atoms with Crippen LogP contribution in [0, 0.1) is 6.92 Å². The van der Waals surface area contributed by atoms with Crippen molar-refractivity contribution in [3.05, 3.63) is 29.7 Å². The van der Waals surface area contributed by atoms with Crippen molar-refractivity contribution in [3.8, 4) is 0 Å². The van der Waals surface area contributed by atoms with Gasteiger partial charge in [0.25, 0.3) is 0 Å². The van der Waals surface area contributed by atoms with Crippen LogP contribution in [0.3, 0.4) is 0 Å². The van der Waals surface area contributed by atoms with E-state index in [-0.39, 0.29) is 6.03 Å². The normalized spacial score (nSPS) is 10.7. The molecule has 0 aliphatic carbocycles. The molecule has 0 saturated carbocycles. The van der Waals surface area contributed by atoms with E-state index >= 15 is 0 Å². The quantitative estimate of drug-likeness (QED) is 0.868. The minimum absolute atomic E-state index is 0.191. The van der Waals surface area contributed by atoms with Gasteiger partial charge in [-0.2, -0.15) is 10.2 Å². The van der Waals surface area contributed by atoms with E-state index in [2.05, 4.69) is 15.5 Å². The van der Waals surface area contributed by atoms with Crippen LogP contribution in [0.15, 0.2) is 18.5 Å². The fourth-order valence-electron chi connectivity index (χ4n) is 2.14. The minimum atomic E-state index is -0.191. The van der Waals surface area contributed by atoms with Gasteiger partial charge in [0.05, 0.1) is 25.0 Å². The summed E-state index contributed by atoms with van der Waals surface area (Å²) in [4.78, 5) is 14.2. The largest absolute Gasteiger partial charge is 0.383 e. The Balaban J connectivity index is 2.06. The smallest absolute Gasteiger partial charge is 0.323 e. The van der Waals surface area contributed by atoms with Crippen LogP contribution in [-0.4, -0.2) is 50.8 Å². The molecule has 0 atom stereocenters. The van der Waals surface area contributed by atoms with Gasteiger partial charge >= 0.3 is 6.03 Å². The minimum Gasteiger partial charge on any atom is -0.383 e. The Bertz CT molecular complexity index is 633. The first-order chi connectivity index (χ1) is 10.5. The standard InChI is InChI=1S/C14H22N6O2/c1-11-7-13(19(3)17-11)16-14(21)20(5-6-22-4)10-12-8-15-18(2)9-12/h7-9H,5-6,10H2,1-4H3,(H,16,21). The van der Waals surface area contributed by atoms with Crippen LogP contribution in [-0.2, 0) is 25.4 Å². The number of aromatic nitrogens is 4. The number of carbonyl (C=O) groups is 1. The molecule has 0 unspecified atom stereocenters. The van der Waals surface area contributed by atoms with E-state index in [0.29, 0.717) is 25.5 Å². The maximum Gasteiger partial charge on any atom is 0.323 e. The second-order valence-electron chi connectivity index (χ2n) is 5.16. The van der Waals surface area contributed by atoms with Gasteiger partial charge in [0, 0.05) is 45.6 Å². The number of ether oxygens (including phenoxy) is 1. The summed E-state index contributed by atoms with van der Waals surface area (Å²) in [6, 6.07) is 1.64. The van der Waals surface area contributed by atoms with Crippen LogP contribution in [0.4, 0.5) is 10.6 Å². The van der Waals surface area contributed by atoms with E-state index in [1.807, 2.05) is 26.2 Å². The van der Waals surface area contributed by atoms with Crippen molar-refractivity contribution in [1.82, 2.24) is 24.5 Å². The molecule has 0 spiro atoms. The number of hydrogen-bond donors (Lipinski definition) is 1. The van der Waals surface area contributed by atoms with Crippen molar-refractivity contribution in [3.63, 3.8) is 0 Å². The lowest BCUT2D eigenvalue weighted by atomic mass is 10.3. The lowest BCUT2D eigenvalue weighted by molar-refractivity contribution is 0.152. The van der Waals surface area contributed by atoms with Gasteiger partial charge in [-0.05, 0) is 6.92 Å². The molecule has 0 aliphatic heterocycles. The van der Waals surface area contributed by atoms with Crippen LogP contribution in [0.5, 0.6) is 0 Å². The summed E-state index contributed by atoms with van der Waals surface area (Å²) in [6.07, 6.45) is 3.64. The molecular formula is C14H22N6O2. The number of aryl methyl sites for hydroxylation is 3. The molecule has 8 nitrogen and oxygen atoms in total. The lowest BCUT2D eigenvalue weighted by Crippen LogP contribution is -2.37. The van der Waals surface area contributed by atoms with Crippen molar-refractivity contribution >= 4 is 11.8 Å². The van der Waals surface area contributed by atoms with Crippen LogP contribution < -0.4 is 5.32 Å². The molecule has 0 bridgehead atoms. The molecule has 8 heteroatoms. The molecule has 120 valence electrons. The van der Waals surface area contributed by atoms with Crippen LogP contribution >= 0.6 is 0 Å². The average Bonchev–Trinajstić information content (AvgIpc) is 3.00. The van der Waals surface area contributed by atoms with Crippen LogP contribution in [0.25, 0.3) is 0 Å². The fourth-order valence-corrected chi connectivity index (χ4v) is 2.14. The van der Waals surface area contributed by atoms with Crippen molar-refractivity contribution in [1.29, 1.82) is 0 Å². The van der Waals surface area contributed by atoms with Crippen molar-refractivity contribution in [2.24, 2.45) is 14.1 Å². The molecule has 0 saturated heterocycles. The third-order valence-corrected chi connectivity index (χ3v) is 3.22. The fraction of sp³-hybridized carbons (Fsp3) is 0.500. The van der Waals surface area contributed by atoms with Crippen LogP contribution in [0.2, 0.25) is 0 Å².